The molecule has 0 unspecified atom stereocenters. The number of fused-ring (bicyclic) bond motifs is 1. The Morgan fingerprint density at radius 2 is 2.12 bits per heavy atom. The summed E-state index contributed by atoms with van der Waals surface area (Å²) in [5.41, 5.74) is 10.4. The molecule has 0 spiro atoms. The van der Waals surface area contributed by atoms with Crippen LogP contribution in [0.25, 0.3) is 11.0 Å². The molecule has 0 fully saturated rings. The molecule has 2 N–H and O–H groups in total. The van der Waals surface area contributed by atoms with E-state index in [1.165, 1.54) is 5.56 Å². The first-order valence-corrected chi connectivity index (χ1v) is 5.35. The summed E-state index contributed by atoms with van der Waals surface area (Å²) in [5.74, 6) is 0.556. The van der Waals surface area contributed by atoms with Gasteiger partial charge in [0, 0.05) is 13.7 Å². The number of imidazole rings is 1. The number of aryl methyl sites for hydroxylation is 2. The molecule has 0 aliphatic carbocycles. The number of benzene rings is 1. The number of nitrogens with two attached hydrogens (primary N) is 1. The highest BCUT2D eigenvalue weighted by atomic mass is 16.5. The van der Waals surface area contributed by atoms with E-state index in [1.54, 1.807) is 7.11 Å². The van der Waals surface area contributed by atoms with Gasteiger partial charge in [-0.2, -0.15) is 0 Å². The van der Waals surface area contributed by atoms with Crippen LogP contribution in [0.2, 0.25) is 0 Å². The number of aromatic nitrogens is 2. The largest absolute Gasteiger partial charge is 0.383 e. The molecule has 0 saturated carbocycles. The van der Waals surface area contributed by atoms with Crippen LogP contribution >= 0.6 is 0 Å². The third kappa shape index (κ3) is 1.76. The first kappa shape index (κ1) is 11.0. The second-order valence-corrected chi connectivity index (χ2v) is 4.06. The smallest absolute Gasteiger partial charge is 0.201 e. The number of anilines is 1. The van der Waals surface area contributed by atoms with E-state index in [0.29, 0.717) is 12.6 Å². The lowest BCUT2D eigenvalue weighted by molar-refractivity contribution is 0.189. The third-order valence-corrected chi connectivity index (χ3v) is 2.74. The lowest BCUT2D eigenvalue weighted by Gasteiger charge is -2.06. The molecular formula is C12H17N3O. The van der Waals surface area contributed by atoms with Gasteiger partial charge in [-0.15, -0.1) is 0 Å². The highest BCUT2D eigenvalue weighted by Crippen LogP contribution is 2.22. The van der Waals surface area contributed by atoms with Gasteiger partial charge in [-0.05, 0) is 31.0 Å². The van der Waals surface area contributed by atoms with E-state index in [9.17, 15) is 0 Å². The van der Waals surface area contributed by atoms with E-state index >= 15 is 0 Å². The van der Waals surface area contributed by atoms with Crippen molar-refractivity contribution < 1.29 is 4.74 Å². The summed E-state index contributed by atoms with van der Waals surface area (Å²) in [7, 11) is 1.69. The van der Waals surface area contributed by atoms with Crippen molar-refractivity contribution >= 4 is 17.0 Å². The van der Waals surface area contributed by atoms with Crippen molar-refractivity contribution in [1.29, 1.82) is 0 Å². The Balaban J connectivity index is 2.59. The molecular weight excluding hydrogens is 202 g/mol. The average molecular weight is 219 g/mol. The van der Waals surface area contributed by atoms with Crippen molar-refractivity contribution in [3.8, 4) is 0 Å². The predicted octanol–water partition coefficient (Wildman–Crippen LogP) is 1.88. The van der Waals surface area contributed by atoms with Gasteiger partial charge >= 0.3 is 0 Å². The number of nitrogens with zero attached hydrogens (tertiary/aromatic N) is 2. The minimum absolute atomic E-state index is 0.556. The molecule has 1 heterocycles. The second kappa shape index (κ2) is 4.14. The van der Waals surface area contributed by atoms with Crippen molar-refractivity contribution in [3.63, 3.8) is 0 Å². The van der Waals surface area contributed by atoms with Crippen molar-refractivity contribution in [1.82, 2.24) is 9.55 Å². The molecule has 0 amide bonds. The van der Waals surface area contributed by atoms with Crippen molar-refractivity contribution in [2.24, 2.45) is 0 Å². The summed E-state index contributed by atoms with van der Waals surface area (Å²) in [5, 5.41) is 0. The first-order valence-electron chi connectivity index (χ1n) is 5.35. The topological polar surface area (TPSA) is 53.1 Å². The van der Waals surface area contributed by atoms with Gasteiger partial charge in [0.2, 0.25) is 5.95 Å². The van der Waals surface area contributed by atoms with Crippen LogP contribution in [0.5, 0.6) is 0 Å². The molecule has 16 heavy (non-hydrogen) atoms. The van der Waals surface area contributed by atoms with Crippen molar-refractivity contribution in [2.75, 3.05) is 19.5 Å². The first-order chi connectivity index (χ1) is 7.63. The monoisotopic (exact) mass is 219 g/mol. The number of methoxy groups -OCH3 is 1. The summed E-state index contributed by atoms with van der Waals surface area (Å²) in [6, 6.07) is 4.23. The zero-order chi connectivity index (χ0) is 11.7. The van der Waals surface area contributed by atoms with E-state index in [1.807, 2.05) is 4.57 Å². The molecule has 1 aromatic carbocycles. The van der Waals surface area contributed by atoms with Gasteiger partial charge in [0.25, 0.3) is 0 Å². The van der Waals surface area contributed by atoms with E-state index < -0.39 is 0 Å². The molecule has 86 valence electrons. The molecule has 4 nitrogen and oxygen atoms in total. The fourth-order valence-corrected chi connectivity index (χ4v) is 2.00. The summed E-state index contributed by atoms with van der Waals surface area (Å²) in [6.07, 6.45) is 0. The fraction of sp³-hybridized carbons (Fsp3) is 0.417. The van der Waals surface area contributed by atoms with Crippen LogP contribution in [0.3, 0.4) is 0 Å². The van der Waals surface area contributed by atoms with Crippen LogP contribution in [0.4, 0.5) is 5.95 Å². The van der Waals surface area contributed by atoms with Crippen LogP contribution in [0, 0.1) is 13.8 Å². The Morgan fingerprint density at radius 3 is 2.81 bits per heavy atom. The lowest BCUT2D eigenvalue weighted by Crippen LogP contribution is -2.07. The molecule has 0 aliphatic heterocycles. The maximum atomic E-state index is 5.91. The molecule has 0 atom stereocenters. The van der Waals surface area contributed by atoms with Crippen molar-refractivity contribution in [2.45, 2.75) is 20.4 Å². The summed E-state index contributed by atoms with van der Waals surface area (Å²) in [4.78, 5) is 4.39. The number of hydrogen-bond donors (Lipinski definition) is 1. The minimum Gasteiger partial charge on any atom is -0.383 e. The fourth-order valence-electron chi connectivity index (χ4n) is 2.00. The van der Waals surface area contributed by atoms with Gasteiger partial charge in [-0.1, -0.05) is 6.07 Å². The zero-order valence-corrected chi connectivity index (χ0v) is 9.95. The Hall–Kier alpha value is -1.55. The van der Waals surface area contributed by atoms with Gasteiger partial charge in [-0.3, -0.25) is 0 Å². The quantitative estimate of drug-likeness (QED) is 0.857. The van der Waals surface area contributed by atoms with Crippen LogP contribution < -0.4 is 5.73 Å². The number of ether oxygens (including phenoxy) is 1. The molecule has 2 aromatic rings. The number of hydrogen-bond acceptors (Lipinski definition) is 3. The minimum atomic E-state index is 0.556. The normalized spacial score (nSPS) is 11.2. The molecule has 0 aliphatic rings. The third-order valence-electron chi connectivity index (χ3n) is 2.74. The van der Waals surface area contributed by atoms with Gasteiger partial charge in [0.1, 0.15) is 0 Å². The highest BCUT2D eigenvalue weighted by molar-refractivity contribution is 5.82. The molecule has 2 rings (SSSR count). The molecule has 0 saturated heterocycles. The van der Waals surface area contributed by atoms with E-state index in [4.69, 9.17) is 10.5 Å². The molecule has 0 radical (unpaired) electrons. The number of rotatable bonds is 3. The molecule has 0 bridgehead atoms. The van der Waals surface area contributed by atoms with E-state index in [-0.39, 0.29) is 0 Å². The standard InChI is InChI=1S/C12H17N3O/c1-8-6-9(2)11-10(7-8)15(4-5-16-3)12(13)14-11/h6-7H,4-5H2,1-3H3,(H2,13,14). The summed E-state index contributed by atoms with van der Waals surface area (Å²) in [6.45, 7) is 5.52. The summed E-state index contributed by atoms with van der Waals surface area (Å²) < 4.78 is 7.07. The second-order valence-electron chi connectivity index (χ2n) is 4.06. The molecule has 1 aromatic heterocycles. The van der Waals surface area contributed by atoms with Crippen LogP contribution in [0.1, 0.15) is 11.1 Å². The van der Waals surface area contributed by atoms with Gasteiger partial charge in [0.15, 0.2) is 0 Å². The maximum absolute atomic E-state index is 5.91. The Bertz CT molecular complexity index is 516. The summed E-state index contributed by atoms with van der Waals surface area (Å²) >= 11 is 0. The van der Waals surface area contributed by atoms with Gasteiger partial charge in [0.05, 0.1) is 17.6 Å². The maximum Gasteiger partial charge on any atom is 0.201 e. The predicted molar refractivity (Wildman–Crippen MR) is 65.5 cm³/mol. The van der Waals surface area contributed by atoms with Gasteiger partial charge < -0.3 is 15.0 Å². The van der Waals surface area contributed by atoms with Crippen LogP contribution in [0.15, 0.2) is 12.1 Å². The Morgan fingerprint density at radius 1 is 1.38 bits per heavy atom. The Labute approximate surface area is 95.0 Å². The average Bonchev–Trinajstić information content (AvgIpc) is 2.53. The number of nitrogen functional groups attached to an aromatic ring is 1. The highest BCUT2D eigenvalue weighted by Gasteiger charge is 2.10. The zero-order valence-electron chi connectivity index (χ0n) is 9.95. The molecule has 4 heteroatoms. The van der Waals surface area contributed by atoms with Crippen LogP contribution in [-0.2, 0) is 11.3 Å². The Kier molecular flexibility index (Phi) is 2.83. The lowest BCUT2D eigenvalue weighted by atomic mass is 10.1. The SMILES string of the molecule is COCCn1c(N)nc2c(C)cc(C)cc21. The van der Waals surface area contributed by atoms with Crippen molar-refractivity contribution in [3.05, 3.63) is 23.3 Å². The van der Waals surface area contributed by atoms with Crippen LogP contribution in [-0.4, -0.2) is 23.3 Å². The van der Waals surface area contributed by atoms with E-state index in [2.05, 4.69) is 31.0 Å². The van der Waals surface area contributed by atoms with Gasteiger partial charge in [-0.25, -0.2) is 4.98 Å². The van der Waals surface area contributed by atoms with E-state index in [0.717, 1.165) is 23.1 Å².